The maximum atomic E-state index is 11.2. The number of Topliss-reactive ketones (excluding diaryl/α,β-unsaturated/α-hetero) is 1. The summed E-state index contributed by atoms with van der Waals surface area (Å²) in [6.07, 6.45) is 2.35. The largest absolute Gasteiger partial charge is 0.493 e. The molecule has 0 aliphatic carbocycles. The summed E-state index contributed by atoms with van der Waals surface area (Å²) in [5, 5.41) is 10.8. The van der Waals surface area contributed by atoms with Crippen LogP contribution in [0, 0.1) is 10.1 Å². The zero-order valence-corrected chi connectivity index (χ0v) is 9.51. The minimum Gasteiger partial charge on any atom is -0.493 e. The lowest BCUT2D eigenvalue weighted by Gasteiger charge is -2.05. The smallest absolute Gasteiger partial charge is 0.283 e. The lowest BCUT2D eigenvalue weighted by molar-refractivity contribution is -0.385. The molecule has 0 N–H and O–H groups in total. The van der Waals surface area contributed by atoms with Gasteiger partial charge in [-0.1, -0.05) is 6.08 Å². The summed E-state index contributed by atoms with van der Waals surface area (Å²) < 4.78 is 5.28. The Hall–Kier alpha value is -2.17. The Kier molecular flexibility index (Phi) is 4.39. The Morgan fingerprint density at radius 2 is 2.29 bits per heavy atom. The summed E-state index contributed by atoms with van der Waals surface area (Å²) in [6.45, 7) is 5.24. The van der Waals surface area contributed by atoms with E-state index in [-0.39, 0.29) is 17.0 Å². The van der Waals surface area contributed by atoms with Crippen LogP contribution < -0.4 is 4.74 Å². The standard InChI is InChI=1S/C12H13NO4/c1-3-4-7-17-10-5-6-11(9(2)14)12(8-10)13(15)16/h3,5-6,8H,1,4,7H2,2H3. The fraction of sp³-hybridized carbons (Fsp3) is 0.250. The average molecular weight is 235 g/mol. The second-order valence-corrected chi connectivity index (χ2v) is 3.42. The highest BCUT2D eigenvalue weighted by Gasteiger charge is 2.18. The molecule has 0 fully saturated rings. The van der Waals surface area contributed by atoms with Crippen LogP contribution in [-0.2, 0) is 0 Å². The molecule has 5 nitrogen and oxygen atoms in total. The number of ketones is 1. The van der Waals surface area contributed by atoms with E-state index in [4.69, 9.17) is 4.74 Å². The molecule has 0 aliphatic heterocycles. The fourth-order valence-corrected chi connectivity index (χ4v) is 1.31. The Morgan fingerprint density at radius 3 is 2.82 bits per heavy atom. The van der Waals surface area contributed by atoms with E-state index in [1.165, 1.54) is 19.1 Å². The highest BCUT2D eigenvalue weighted by atomic mass is 16.6. The van der Waals surface area contributed by atoms with Gasteiger partial charge >= 0.3 is 0 Å². The van der Waals surface area contributed by atoms with Crippen LogP contribution in [-0.4, -0.2) is 17.3 Å². The maximum Gasteiger partial charge on any atom is 0.283 e. The van der Waals surface area contributed by atoms with Gasteiger partial charge in [0, 0.05) is 0 Å². The van der Waals surface area contributed by atoms with E-state index in [1.54, 1.807) is 12.1 Å². The highest BCUT2D eigenvalue weighted by molar-refractivity contribution is 5.98. The van der Waals surface area contributed by atoms with Crippen LogP contribution in [0.15, 0.2) is 30.9 Å². The van der Waals surface area contributed by atoms with E-state index < -0.39 is 4.92 Å². The number of hydrogen-bond acceptors (Lipinski definition) is 4. The number of benzene rings is 1. The van der Waals surface area contributed by atoms with Crippen molar-refractivity contribution in [3.05, 3.63) is 46.5 Å². The number of nitro groups is 1. The van der Waals surface area contributed by atoms with E-state index in [1.807, 2.05) is 0 Å². The van der Waals surface area contributed by atoms with Gasteiger partial charge in [0.15, 0.2) is 5.78 Å². The van der Waals surface area contributed by atoms with Crippen LogP contribution >= 0.6 is 0 Å². The first kappa shape index (κ1) is 12.9. The summed E-state index contributed by atoms with van der Waals surface area (Å²) in [7, 11) is 0. The van der Waals surface area contributed by atoms with Crippen LogP contribution in [0.2, 0.25) is 0 Å². The molecule has 0 heterocycles. The topological polar surface area (TPSA) is 69.4 Å². The minimum absolute atomic E-state index is 0.0890. The van der Waals surface area contributed by atoms with Gasteiger partial charge in [-0.15, -0.1) is 6.58 Å². The van der Waals surface area contributed by atoms with Crippen molar-refractivity contribution in [1.82, 2.24) is 0 Å². The van der Waals surface area contributed by atoms with Gasteiger partial charge < -0.3 is 4.74 Å². The number of nitro benzene ring substituents is 1. The van der Waals surface area contributed by atoms with Gasteiger partial charge in [0.1, 0.15) is 5.75 Å². The van der Waals surface area contributed by atoms with Gasteiger partial charge in [0.2, 0.25) is 0 Å². The molecular formula is C12H13NO4. The van der Waals surface area contributed by atoms with Crippen molar-refractivity contribution in [2.45, 2.75) is 13.3 Å². The molecule has 5 heteroatoms. The average Bonchev–Trinajstić information content (AvgIpc) is 2.29. The summed E-state index contributed by atoms with van der Waals surface area (Å²) >= 11 is 0. The number of carbonyl (C=O) groups excluding carboxylic acids is 1. The van der Waals surface area contributed by atoms with Crippen molar-refractivity contribution < 1.29 is 14.5 Å². The van der Waals surface area contributed by atoms with Gasteiger partial charge in [-0.2, -0.15) is 0 Å². The lowest BCUT2D eigenvalue weighted by Crippen LogP contribution is -2.02. The molecule has 0 radical (unpaired) electrons. The van der Waals surface area contributed by atoms with Crippen molar-refractivity contribution in [3.63, 3.8) is 0 Å². The van der Waals surface area contributed by atoms with Gasteiger partial charge in [-0.25, -0.2) is 0 Å². The Labute approximate surface area is 98.9 Å². The molecule has 1 aromatic carbocycles. The predicted molar refractivity (Wildman–Crippen MR) is 63.4 cm³/mol. The van der Waals surface area contributed by atoms with E-state index in [9.17, 15) is 14.9 Å². The molecule has 0 aliphatic rings. The van der Waals surface area contributed by atoms with Crippen molar-refractivity contribution in [2.75, 3.05) is 6.61 Å². The van der Waals surface area contributed by atoms with Crippen LogP contribution in [0.4, 0.5) is 5.69 Å². The van der Waals surface area contributed by atoms with Crippen LogP contribution in [0.25, 0.3) is 0 Å². The molecule has 0 saturated carbocycles. The van der Waals surface area contributed by atoms with E-state index >= 15 is 0 Å². The zero-order valence-electron chi connectivity index (χ0n) is 9.51. The molecule has 0 aromatic heterocycles. The number of carbonyl (C=O) groups is 1. The maximum absolute atomic E-state index is 11.2. The third-order valence-corrected chi connectivity index (χ3v) is 2.14. The summed E-state index contributed by atoms with van der Waals surface area (Å²) in [4.78, 5) is 21.4. The molecule has 0 spiro atoms. The molecule has 0 unspecified atom stereocenters. The third kappa shape index (κ3) is 3.41. The zero-order chi connectivity index (χ0) is 12.8. The highest BCUT2D eigenvalue weighted by Crippen LogP contribution is 2.25. The first-order valence-electron chi connectivity index (χ1n) is 5.09. The van der Waals surface area contributed by atoms with Crippen molar-refractivity contribution >= 4 is 11.5 Å². The van der Waals surface area contributed by atoms with Crippen molar-refractivity contribution in [1.29, 1.82) is 0 Å². The second-order valence-electron chi connectivity index (χ2n) is 3.42. The normalized spacial score (nSPS) is 9.71. The molecule has 1 rings (SSSR count). The van der Waals surface area contributed by atoms with Crippen molar-refractivity contribution in [3.8, 4) is 5.75 Å². The second kappa shape index (κ2) is 5.79. The van der Waals surface area contributed by atoms with Gasteiger partial charge in [0.05, 0.1) is 23.2 Å². The fourth-order valence-electron chi connectivity index (χ4n) is 1.31. The van der Waals surface area contributed by atoms with Crippen LogP contribution in [0.1, 0.15) is 23.7 Å². The minimum atomic E-state index is -0.586. The first-order chi connectivity index (χ1) is 8.06. The summed E-state index contributed by atoms with van der Waals surface area (Å²) in [5.74, 6) is 0.0397. The molecule has 0 amide bonds. The Balaban J connectivity index is 2.97. The number of hydrogen-bond donors (Lipinski definition) is 0. The Bertz CT molecular complexity index is 454. The van der Waals surface area contributed by atoms with E-state index in [0.29, 0.717) is 18.8 Å². The third-order valence-electron chi connectivity index (χ3n) is 2.14. The van der Waals surface area contributed by atoms with Gasteiger partial charge in [-0.05, 0) is 25.5 Å². The van der Waals surface area contributed by atoms with E-state index in [2.05, 4.69) is 6.58 Å². The summed E-state index contributed by atoms with van der Waals surface area (Å²) in [6, 6.07) is 4.22. The monoisotopic (exact) mass is 235 g/mol. The molecule has 1 aromatic rings. The van der Waals surface area contributed by atoms with E-state index in [0.717, 1.165) is 0 Å². The molecule has 0 saturated heterocycles. The molecule has 17 heavy (non-hydrogen) atoms. The summed E-state index contributed by atoms with van der Waals surface area (Å²) in [5.41, 5.74) is -0.139. The van der Waals surface area contributed by atoms with Gasteiger partial charge in [0.25, 0.3) is 5.69 Å². The number of rotatable bonds is 6. The first-order valence-corrected chi connectivity index (χ1v) is 5.09. The molecule has 0 bridgehead atoms. The van der Waals surface area contributed by atoms with Crippen molar-refractivity contribution in [2.24, 2.45) is 0 Å². The molecular weight excluding hydrogens is 222 g/mol. The number of ether oxygens (including phenoxy) is 1. The molecule has 0 atom stereocenters. The lowest BCUT2D eigenvalue weighted by atomic mass is 10.1. The van der Waals surface area contributed by atoms with Crippen LogP contribution in [0.3, 0.4) is 0 Å². The SMILES string of the molecule is C=CCCOc1ccc(C(C)=O)c([N+](=O)[O-])c1. The Morgan fingerprint density at radius 1 is 1.59 bits per heavy atom. The van der Waals surface area contributed by atoms with Crippen LogP contribution in [0.5, 0.6) is 5.75 Å². The quantitative estimate of drug-likeness (QED) is 0.250. The number of nitrogens with zero attached hydrogens (tertiary/aromatic N) is 1. The van der Waals surface area contributed by atoms with Gasteiger partial charge in [-0.3, -0.25) is 14.9 Å². The predicted octanol–water partition coefficient (Wildman–Crippen LogP) is 2.75. The molecule has 90 valence electrons.